The maximum atomic E-state index is 6.51. The van der Waals surface area contributed by atoms with E-state index >= 15 is 0 Å². The van der Waals surface area contributed by atoms with Gasteiger partial charge in [-0.3, -0.25) is 4.68 Å². The summed E-state index contributed by atoms with van der Waals surface area (Å²) in [5, 5.41) is 7.51. The van der Waals surface area contributed by atoms with Crippen molar-refractivity contribution in [2.24, 2.45) is 0 Å². The standard InChI is InChI=1S/C43H42N4O.Pt/c1-5-6-7-8-12-22-39-42(32-16-10-9-11-17-32)43(30(2)3)45-47(39)33-18-15-19-34(28-33)48-35-23-24-37-36-20-13-14-21-38(36)46(40(37)29-35)41-27-31(4)25-26-44-41;/h9-11,13-21,23-27,30H,5-8,12,22H2,1-4H3;/q-2;+2. The summed E-state index contributed by atoms with van der Waals surface area (Å²) >= 11 is 0. The monoisotopic (exact) mass is 825 g/mol. The third-order valence-electron chi connectivity index (χ3n) is 9.02. The van der Waals surface area contributed by atoms with Crippen molar-refractivity contribution in [2.45, 2.75) is 72.1 Å². The van der Waals surface area contributed by atoms with Crippen molar-refractivity contribution < 1.29 is 25.8 Å². The van der Waals surface area contributed by atoms with Crippen LogP contribution in [-0.4, -0.2) is 19.3 Å². The molecule has 0 radical (unpaired) electrons. The molecule has 6 heteroatoms. The van der Waals surface area contributed by atoms with Crippen LogP contribution in [0.4, 0.5) is 0 Å². The van der Waals surface area contributed by atoms with Gasteiger partial charge in [-0.1, -0.05) is 101 Å². The molecular formula is C43H42N4OPt. The zero-order chi connectivity index (χ0) is 33.0. The Balaban J connectivity index is 0.00000417. The summed E-state index contributed by atoms with van der Waals surface area (Å²) in [6.07, 6.45) is 8.92. The van der Waals surface area contributed by atoms with Crippen LogP contribution in [0, 0.1) is 19.1 Å². The number of fused-ring (bicyclic) bond motifs is 3. The molecule has 0 spiro atoms. The van der Waals surface area contributed by atoms with E-state index in [9.17, 15) is 0 Å². The van der Waals surface area contributed by atoms with Crippen LogP contribution in [0.15, 0.2) is 103 Å². The number of ether oxygens (including phenoxy) is 1. The Labute approximate surface area is 304 Å². The minimum absolute atomic E-state index is 0. The summed E-state index contributed by atoms with van der Waals surface area (Å²) in [6, 6.07) is 40.5. The van der Waals surface area contributed by atoms with Crippen LogP contribution < -0.4 is 4.74 Å². The maximum absolute atomic E-state index is 6.51. The normalized spacial score (nSPS) is 11.4. The largest absolute Gasteiger partial charge is 2.00 e. The minimum Gasteiger partial charge on any atom is -0.509 e. The van der Waals surface area contributed by atoms with Gasteiger partial charge in [0.2, 0.25) is 0 Å². The zero-order valence-electron chi connectivity index (χ0n) is 28.6. The Morgan fingerprint density at radius 3 is 2.35 bits per heavy atom. The van der Waals surface area contributed by atoms with Gasteiger partial charge in [-0.25, -0.2) is 4.98 Å². The molecule has 5 nitrogen and oxygen atoms in total. The summed E-state index contributed by atoms with van der Waals surface area (Å²) in [4.78, 5) is 4.71. The molecule has 0 aliphatic carbocycles. The summed E-state index contributed by atoms with van der Waals surface area (Å²) in [7, 11) is 0. The fourth-order valence-electron chi connectivity index (χ4n) is 6.67. The number of hydrogen-bond donors (Lipinski definition) is 0. The van der Waals surface area contributed by atoms with Crippen LogP contribution in [-0.2, 0) is 27.5 Å². The smallest absolute Gasteiger partial charge is 0.509 e. The summed E-state index contributed by atoms with van der Waals surface area (Å²) in [5.41, 5.74) is 8.85. The fourth-order valence-corrected chi connectivity index (χ4v) is 6.67. The molecule has 3 heterocycles. The maximum Gasteiger partial charge on any atom is 2.00 e. The molecule has 0 bridgehead atoms. The molecular weight excluding hydrogens is 784 g/mol. The average Bonchev–Trinajstić information content (AvgIpc) is 3.65. The number of unbranched alkanes of at least 4 members (excludes halogenated alkanes) is 4. The van der Waals surface area contributed by atoms with Gasteiger partial charge in [0.1, 0.15) is 5.82 Å². The van der Waals surface area contributed by atoms with E-state index in [4.69, 9.17) is 14.8 Å². The van der Waals surface area contributed by atoms with Crippen LogP contribution in [0.1, 0.15) is 75.7 Å². The number of rotatable bonds is 12. The van der Waals surface area contributed by atoms with E-state index in [1.165, 1.54) is 42.5 Å². The van der Waals surface area contributed by atoms with Crippen LogP contribution in [0.3, 0.4) is 0 Å². The van der Waals surface area contributed by atoms with Crippen molar-refractivity contribution >= 4 is 21.8 Å². The molecule has 0 saturated heterocycles. The second-order valence-electron chi connectivity index (χ2n) is 12.9. The first-order chi connectivity index (χ1) is 23.5. The molecule has 0 aliphatic heterocycles. The predicted octanol–water partition coefficient (Wildman–Crippen LogP) is 11.4. The van der Waals surface area contributed by atoms with E-state index in [-0.39, 0.29) is 27.0 Å². The summed E-state index contributed by atoms with van der Waals surface area (Å²) in [5.74, 6) is 2.38. The van der Waals surface area contributed by atoms with E-state index in [1.54, 1.807) is 0 Å². The molecule has 0 saturated carbocycles. The van der Waals surface area contributed by atoms with Crippen LogP contribution >= 0.6 is 0 Å². The van der Waals surface area contributed by atoms with E-state index in [1.807, 2.05) is 30.5 Å². The van der Waals surface area contributed by atoms with Gasteiger partial charge in [0, 0.05) is 34.5 Å². The van der Waals surface area contributed by atoms with Gasteiger partial charge in [0.05, 0.1) is 5.69 Å². The topological polar surface area (TPSA) is 44.9 Å². The van der Waals surface area contributed by atoms with Crippen molar-refractivity contribution in [2.75, 3.05) is 0 Å². The predicted molar refractivity (Wildman–Crippen MR) is 197 cm³/mol. The third-order valence-corrected chi connectivity index (χ3v) is 9.02. The quantitative estimate of drug-likeness (QED) is 0.0911. The Morgan fingerprint density at radius 1 is 0.776 bits per heavy atom. The van der Waals surface area contributed by atoms with Crippen LogP contribution in [0.25, 0.3) is 44.4 Å². The molecule has 49 heavy (non-hydrogen) atoms. The van der Waals surface area contributed by atoms with Crippen molar-refractivity contribution in [1.82, 2.24) is 19.3 Å². The van der Waals surface area contributed by atoms with Crippen molar-refractivity contribution in [1.29, 1.82) is 0 Å². The van der Waals surface area contributed by atoms with Gasteiger partial charge >= 0.3 is 21.1 Å². The molecule has 0 atom stereocenters. The first-order valence-electron chi connectivity index (χ1n) is 17.3. The Kier molecular flexibility index (Phi) is 10.8. The van der Waals surface area contributed by atoms with Gasteiger partial charge in [-0.2, -0.15) is 17.2 Å². The van der Waals surface area contributed by atoms with Gasteiger partial charge in [-0.05, 0) is 66.1 Å². The second kappa shape index (κ2) is 15.4. The Bertz CT molecular complexity index is 2180. The summed E-state index contributed by atoms with van der Waals surface area (Å²) < 4.78 is 10.8. The number of nitrogens with zero attached hydrogens (tertiary/aromatic N) is 4. The van der Waals surface area contributed by atoms with E-state index in [0.29, 0.717) is 11.5 Å². The molecule has 3 aromatic heterocycles. The number of aryl methyl sites for hydroxylation is 1. The third kappa shape index (κ3) is 7.14. The van der Waals surface area contributed by atoms with Crippen molar-refractivity contribution in [3.63, 3.8) is 0 Å². The number of hydrogen-bond acceptors (Lipinski definition) is 3. The molecule has 7 rings (SSSR count). The number of para-hydroxylation sites is 1. The SMILES string of the molecule is CCCCCCCc1c(-c2ccccc2)c(C(C)C)nn1-c1[c-]c(Oc2[c-]c3c(cc2)c2ccccc2n3-c2cc(C)ccn2)ccc1.[Pt+2]. The second-order valence-corrected chi connectivity index (χ2v) is 12.9. The average molecular weight is 826 g/mol. The molecule has 4 aromatic carbocycles. The van der Waals surface area contributed by atoms with Gasteiger partial charge in [0.15, 0.2) is 0 Å². The van der Waals surface area contributed by atoms with Crippen molar-refractivity contribution in [3.8, 4) is 34.1 Å². The van der Waals surface area contributed by atoms with E-state index in [2.05, 4.69) is 122 Å². The number of aromatic nitrogens is 4. The zero-order valence-corrected chi connectivity index (χ0v) is 30.9. The summed E-state index contributed by atoms with van der Waals surface area (Å²) in [6.45, 7) is 8.81. The van der Waals surface area contributed by atoms with Crippen LogP contribution in [0.5, 0.6) is 11.5 Å². The molecule has 0 N–H and O–H groups in total. The molecule has 0 unspecified atom stereocenters. The van der Waals surface area contributed by atoms with E-state index in [0.717, 1.165) is 57.4 Å². The van der Waals surface area contributed by atoms with Crippen LogP contribution in [0.2, 0.25) is 0 Å². The van der Waals surface area contributed by atoms with Crippen molar-refractivity contribution in [3.05, 3.63) is 132 Å². The molecule has 7 aromatic rings. The fraction of sp³-hybridized carbons (Fsp3) is 0.256. The minimum atomic E-state index is 0. The van der Waals surface area contributed by atoms with Gasteiger partial charge in [0.25, 0.3) is 0 Å². The number of benzene rings is 4. The molecule has 250 valence electrons. The Morgan fingerprint density at radius 2 is 1.55 bits per heavy atom. The van der Waals surface area contributed by atoms with E-state index < -0.39 is 0 Å². The first kappa shape index (κ1) is 34.4. The molecule has 0 fully saturated rings. The molecule has 0 aliphatic rings. The number of pyridine rings is 1. The Hall–Kier alpha value is -4.47. The molecule has 0 amide bonds. The van der Waals surface area contributed by atoms with Gasteiger partial charge < -0.3 is 9.30 Å². The van der Waals surface area contributed by atoms with Gasteiger partial charge in [-0.15, -0.1) is 35.7 Å². The first-order valence-corrected chi connectivity index (χ1v) is 17.3.